The van der Waals surface area contributed by atoms with Gasteiger partial charge in [-0.1, -0.05) is 79.7 Å². The zero-order valence-corrected chi connectivity index (χ0v) is 20.3. The van der Waals surface area contributed by atoms with Crippen molar-refractivity contribution in [2.24, 2.45) is 0 Å². The summed E-state index contributed by atoms with van der Waals surface area (Å²) in [6.07, 6.45) is 4.64. The van der Waals surface area contributed by atoms with Gasteiger partial charge < -0.3 is 13.9 Å². The number of aromatic nitrogens is 2. The fourth-order valence-corrected chi connectivity index (χ4v) is 3.95. The molecule has 0 fully saturated rings. The van der Waals surface area contributed by atoms with Crippen LogP contribution in [-0.2, 0) is 31.0 Å². The van der Waals surface area contributed by atoms with Crippen molar-refractivity contribution in [2.75, 3.05) is 0 Å². The molecular weight excluding hydrogens is 448 g/mol. The van der Waals surface area contributed by atoms with E-state index < -0.39 is 0 Å². The maximum Gasteiger partial charge on any atom is 0.221 e. The molecular formula is C31H28N2O3. The first-order valence-electron chi connectivity index (χ1n) is 12.1. The van der Waals surface area contributed by atoms with Gasteiger partial charge in [0.1, 0.15) is 12.1 Å². The minimum Gasteiger partial charge on any atom is -0.472 e. The van der Waals surface area contributed by atoms with Gasteiger partial charge in [0.05, 0.1) is 18.9 Å². The minimum absolute atomic E-state index is 0.412. The van der Waals surface area contributed by atoms with E-state index in [1.807, 2.05) is 84.9 Å². The third-order valence-electron chi connectivity index (χ3n) is 5.85. The molecule has 0 spiro atoms. The summed E-state index contributed by atoms with van der Waals surface area (Å²) in [5.74, 6) is 1.10. The third-order valence-corrected chi connectivity index (χ3v) is 5.85. The van der Waals surface area contributed by atoms with E-state index in [-0.39, 0.29) is 0 Å². The number of pyridine rings is 1. The van der Waals surface area contributed by atoms with Crippen molar-refractivity contribution in [3.8, 4) is 5.88 Å². The predicted octanol–water partition coefficient (Wildman–Crippen LogP) is 7.25. The summed E-state index contributed by atoms with van der Waals surface area (Å²) in [6, 6.07) is 30.1. The molecule has 5 heteroatoms. The van der Waals surface area contributed by atoms with Gasteiger partial charge in [0.25, 0.3) is 0 Å². The van der Waals surface area contributed by atoms with E-state index in [0.29, 0.717) is 31.6 Å². The molecule has 180 valence electrons. The summed E-state index contributed by atoms with van der Waals surface area (Å²) in [7, 11) is 0. The van der Waals surface area contributed by atoms with E-state index in [1.165, 1.54) is 0 Å². The third kappa shape index (κ3) is 5.88. The lowest BCUT2D eigenvalue weighted by molar-refractivity contribution is 0.103. The number of fused-ring (bicyclic) bond motifs is 1. The molecule has 0 radical (unpaired) electrons. The molecule has 5 nitrogen and oxygen atoms in total. The molecule has 2 aromatic heterocycles. The quantitative estimate of drug-likeness (QED) is 0.212. The second-order valence-electron chi connectivity index (χ2n) is 8.45. The second kappa shape index (κ2) is 11.5. The highest BCUT2D eigenvalue weighted by Crippen LogP contribution is 2.25. The molecule has 0 bridgehead atoms. The molecule has 3 aromatic carbocycles. The maximum absolute atomic E-state index is 6.21. The van der Waals surface area contributed by atoms with Crippen LogP contribution in [-0.4, -0.2) is 9.97 Å². The second-order valence-corrected chi connectivity index (χ2v) is 8.45. The number of benzene rings is 3. The lowest BCUT2D eigenvalue weighted by Crippen LogP contribution is -2.06. The fourth-order valence-electron chi connectivity index (χ4n) is 3.95. The molecule has 0 atom stereocenters. The Morgan fingerprint density at radius 2 is 1.44 bits per heavy atom. The van der Waals surface area contributed by atoms with Gasteiger partial charge in [-0.05, 0) is 47.4 Å². The average molecular weight is 477 g/mol. The minimum atomic E-state index is 0.412. The van der Waals surface area contributed by atoms with E-state index >= 15 is 0 Å². The van der Waals surface area contributed by atoms with Crippen LogP contribution in [0.2, 0.25) is 0 Å². The topological polar surface area (TPSA) is 57.4 Å². The van der Waals surface area contributed by atoms with Crippen molar-refractivity contribution in [3.63, 3.8) is 0 Å². The van der Waals surface area contributed by atoms with Gasteiger partial charge in [-0.25, -0.2) is 9.97 Å². The maximum atomic E-state index is 6.21. The highest BCUT2D eigenvalue weighted by Gasteiger charge is 2.12. The summed E-state index contributed by atoms with van der Waals surface area (Å²) in [5.41, 5.74) is 6.68. The molecule has 0 saturated heterocycles. The normalized spacial score (nSPS) is 11.4. The van der Waals surface area contributed by atoms with Gasteiger partial charge in [-0.2, -0.15) is 0 Å². The Labute approximate surface area is 211 Å². The number of ether oxygens (including phenoxy) is 2. The van der Waals surface area contributed by atoms with Crippen LogP contribution in [0.3, 0.4) is 0 Å². The van der Waals surface area contributed by atoms with E-state index in [2.05, 4.69) is 30.1 Å². The number of rotatable bonds is 10. The number of hydrogen-bond donors (Lipinski definition) is 0. The summed E-state index contributed by atoms with van der Waals surface area (Å²) in [5, 5.41) is 0. The van der Waals surface area contributed by atoms with Crippen LogP contribution in [0.5, 0.6) is 5.88 Å². The van der Waals surface area contributed by atoms with Gasteiger partial charge in [-0.3, -0.25) is 0 Å². The van der Waals surface area contributed by atoms with Crippen LogP contribution in [0.1, 0.15) is 40.8 Å². The molecule has 0 N–H and O–H groups in total. The van der Waals surface area contributed by atoms with Crippen LogP contribution < -0.4 is 4.74 Å². The SMILES string of the molecule is CCc1cc(/C=C/c2nc3ccccc3o2)c(OCc2ccccc2)nc1COCc1ccccc1. The van der Waals surface area contributed by atoms with Crippen LogP contribution in [0.25, 0.3) is 23.3 Å². The molecule has 5 aromatic rings. The van der Waals surface area contributed by atoms with Crippen LogP contribution in [0.15, 0.2) is 95.4 Å². The first-order chi connectivity index (χ1) is 17.8. The lowest BCUT2D eigenvalue weighted by atomic mass is 10.1. The van der Waals surface area contributed by atoms with Gasteiger partial charge >= 0.3 is 0 Å². The Kier molecular flexibility index (Phi) is 7.49. The number of oxazole rings is 1. The van der Waals surface area contributed by atoms with Crippen molar-refractivity contribution in [2.45, 2.75) is 33.2 Å². The molecule has 0 saturated carbocycles. The molecule has 0 aliphatic rings. The number of hydrogen-bond acceptors (Lipinski definition) is 5. The van der Waals surface area contributed by atoms with E-state index in [9.17, 15) is 0 Å². The molecule has 0 aliphatic carbocycles. The number of aryl methyl sites for hydroxylation is 1. The molecule has 0 aliphatic heterocycles. The summed E-state index contributed by atoms with van der Waals surface area (Å²) >= 11 is 0. The largest absolute Gasteiger partial charge is 0.472 e. The van der Waals surface area contributed by atoms with Gasteiger partial charge in [0, 0.05) is 11.6 Å². The fraction of sp³-hybridized carbons (Fsp3) is 0.161. The molecule has 2 heterocycles. The van der Waals surface area contributed by atoms with Crippen molar-refractivity contribution < 1.29 is 13.9 Å². The molecule has 36 heavy (non-hydrogen) atoms. The average Bonchev–Trinajstić information content (AvgIpc) is 3.35. The summed E-state index contributed by atoms with van der Waals surface area (Å²) in [4.78, 5) is 9.44. The zero-order valence-electron chi connectivity index (χ0n) is 20.3. The van der Waals surface area contributed by atoms with Crippen LogP contribution in [0, 0.1) is 0 Å². The predicted molar refractivity (Wildman–Crippen MR) is 142 cm³/mol. The molecule has 0 amide bonds. The first-order valence-corrected chi connectivity index (χ1v) is 12.1. The lowest BCUT2D eigenvalue weighted by Gasteiger charge is -2.14. The highest BCUT2D eigenvalue weighted by molar-refractivity contribution is 5.76. The van der Waals surface area contributed by atoms with Gasteiger partial charge in [0.2, 0.25) is 11.8 Å². The van der Waals surface area contributed by atoms with Crippen LogP contribution in [0.4, 0.5) is 0 Å². The zero-order chi connectivity index (χ0) is 24.6. The Bertz CT molecular complexity index is 1410. The smallest absolute Gasteiger partial charge is 0.221 e. The molecule has 5 rings (SSSR count). The van der Waals surface area contributed by atoms with E-state index in [0.717, 1.165) is 45.5 Å². The Hall–Kier alpha value is -4.22. The standard InChI is InChI=1S/C31H28N2O3/c1-2-25-19-26(17-18-30-32-27-15-9-10-16-29(27)36-30)31(35-21-24-13-7-4-8-14-24)33-28(25)22-34-20-23-11-5-3-6-12-23/h3-19H,2,20-22H2,1H3/b18-17+. The van der Waals surface area contributed by atoms with Crippen molar-refractivity contribution in [3.05, 3.63) is 125 Å². The van der Waals surface area contributed by atoms with Gasteiger partial charge in [0.15, 0.2) is 5.58 Å². The Balaban J connectivity index is 1.41. The highest BCUT2D eigenvalue weighted by atomic mass is 16.5. The monoisotopic (exact) mass is 476 g/mol. The van der Waals surface area contributed by atoms with Crippen LogP contribution >= 0.6 is 0 Å². The van der Waals surface area contributed by atoms with Crippen molar-refractivity contribution >= 4 is 23.3 Å². The number of para-hydroxylation sites is 2. The Morgan fingerprint density at radius 3 is 2.17 bits per heavy atom. The van der Waals surface area contributed by atoms with Gasteiger partial charge in [-0.15, -0.1) is 0 Å². The number of nitrogens with zero attached hydrogens (tertiary/aromatic N) is 2. The van der Waals surface area contributed by atoms with E-state index in [1.54, 1.807) is 0 Å². The summed E-state index contributed by atoms with van der Waals surface area (Å²) in [6.45, 7) is 3.49. The molecule has 0 unspecified atom stereocenters. The van der Waals surface area contributed by atoms with E-state index in [4.69, 9.17) is 18.9 Å². The van der Waals surface area contributed by atoms with Crippen molar-refractivity contribution in [1.29, 1.82) is 0 Å². The Morgan fingerprint density at radius 1 is 0.750 bits per heavy atom. The summed E-state index contributed by atoms with van der Waals surface area (Å²) < 4.78 is 18.1. The first kappa shape index (κ1) is 23.5. The van der Waals surface area contributed by atoms with Crippen molar-refractivity contribution in [1.82, 2.24) is 9.97 Å².